The standard InChI is InChI=1S/C19H17N7OS/c27-19(14-2-3-15-16(12-14)28-13-20-15)25-10-8-24(9-11-25)17-4-5-18(23-22-17)26-7-1-6-21-26/h1-7,12-13H,8-11H2. The summed E-state index contributed by atoms with van der Waals surface area (Å²) in [5.41, 5.74) is 3.45. The summed E-state index contributed by atoms with van der Waals surface area (Å²) in [5, 5.41) is 12.7. The van der Waals surface area contributed by atoms with Crippen molar-refractivity contribution < 1.29 is 4.79 Å². The number of rotatable bonds is 3. The van der Waals surface area contributed by atoms with Gasteiger partial charge in [-0.3, -0.25) is 4.79 Å². The van der Waals surface area contributed by atoms with Gasteiger partial charge >= 0.3 is 0 Å². The van der Waals surface area contributed by atoms with Crippen molar-refractivity contribution in [1.29, 1.82) is 0 Å². The molecule has 0 saturated carbocycles. The minimum absolute atomic E-state index is 0.0649. The molecule has 0 unspecified atom stereocenters. The molecule has 5 rings (SSSR count). The van der Waals surface area contributed by atoms with Gasteiger partial charge in [-0.25, -0.2) is 9.67 Å². The van der Waals surface area contributed by atoms with E-state index in [0.717, 1.165) is 29.1 Å². The number of anilines is 1. The van der Waals surface area contributed by atoms with Gasteiger partial charge in [-0.05, 0) is 36.4 Å². The summed E-state index contributed by atoms with van der Waals surface area (Å²) < 4.78 is 2.71. The number of hydrogen-bond donors (Lipinski definition) is 0. The Hall–Kier alpha value is -3.33. The third-order valence-corrected chi connectivity index (χ3v) is 5.64. The summed E-state index contributed by atoms with van der Waals surface area (Å²) in [5.74, 6) is 1.56. The van der Waals surface area contributed by atoms with Crippen LogP contribution in [0.2, 0.25) is 0 Å². The topological polar surface area (TPSA) is 80.0 Å². The van der Waals surface area contributed by atoms with Crippen LogP contribution in [0.15, 0.2) is 54.3 Å². The average Bonchev–Trinajstić information content (AvgIpc) is 3.45. The van der Waals surface area contributed by atoms with Crippen LogP contribution in [0.3, 0.4) is 0 Å². The molecule has 0 N–H and O–H groups in total. The fraction of sp³-hybridized carbons (Fsp3) is 0.211. The monoisotopic (exact) mass is 391 g/mol. The zero-order valence-electron chi connectivity index (χ0n) is 15.0. The first-order chi connectivity index (χ1) is 13.8. The van der Waals surface area contributed by atoms with Crippen molar-refractivity contribution in [2.75, 3.05) is 31.1 Å². The Labute approximate surface area is 165 Å². The summed E-state index contributed by atoms with van der Waals surface area (Å²) in [6.07, 6.45) is 3.54. The third kappa shape index (κ3) is 3.09. The number of carbonyl (C=O) groups is 1. The predicted octanol–water partition coefficient (Wildman–Crippen LogP) is 2.23. The van der Waals surface area contributed by atoms with Gasteiger partial charge in [0.25, 0.3) is 5.91 Å². The Balaban J connectivity index is 1.25. The van der Waals surface area contributed by atoms with Crippen LogP contribution in [0.25, 0.3) is 16.0 Å². The van der Waals surface area contributed by atoms with Crippen molar-refractivity contribution in [3.8, 4) is 5.82 Å². The van der Waals surface area contributed by atoms with Crippen LogP contribution in [0, 0.1) is 0 Å². The van der Waals surface area contributed by atoms with Crippen LogP contribution in [0.1, 0.15) is 10.4 Å². The molecule has 140 valence electrons. The van der Waals surface area contributed by atoms with E-state index in [1.807, 2.05) is 47.5 Å². The smallest absolute Gasteiger partial charge is 0.254 e. The molecule has 8 nitrogen and oxygen atoms in total. The summed E-state index contributed by atoms with van der Waals surface area (Å²) in [6.45, 7) is 2.76. The molecule has 0 radical (unpaired) electrons. The Morgan fingerprint density at radius 3 is 2.57 bits per heavy atom. The summed E-state index contributed by atoms with van der Waals surface area (Å²) in [4.78, 5) is 21.1. The van der Waals surface area contributed by atoms with Crippen LogP contribution in [-0.4, -0.2) is 61.9 Å². The largest absolute Gasteiger partial charge is 0.352 e. The van der Waals surface area contributed by atoms with E-state index >= 15 is 0 Å². The molecule has 1 amide bonds. The molecular formula is C19H17N7OS. The van der Waals surface area contributed by atoms with Crippen LogP contribution in [0.5, 0.6) is 0 Å². The second-order valence-corrected chi connectivity index (χ2v) is 7.40. The van der Waals surface area contributed by atoms with Crippen molar-refractivity contribution in [2.45, 2.75) is 0 Å². The fourth-order valence-corrected chi connectivity index (χ4v) is 4.04. The highest BCUT2D eigenvalue weighted by atomic mass is 32.1. The predicted molar refractivity (Wildman–Crippen MR) is 107 cm³/mol. The van der Waals surface area contributed by atoms with Crippen molar-refractivity contribution in [3.63, 3.8) is 0 Å². The Morgan fingerprint density at radius 1 is 1.00 bits per heavy atom. The minimum atomic E-state index is 0.0649. The number of piperazine rings is 1. The maximum atomic E-state index is 12.8. The number of amides is 1. The van der Waals surface area contributed by atoms with Crippen molar-refractivity contribution in [2.24, 2.45) is 0 Å². The van der Waals surface area contributed by atoms with E-state index in [2.05, 4.69) is 25.2 Å². The van der Waals surface area contributed by atoms with Crippen molar-refractivity contribution in [3.05, 3.63) is 59.9 Å². The van der Waals surface area contributed by atoms with Gasteiger partial charge in [0.2, 0.25) is 0 Å². The lowest BCUT2D eigenvalue weighted by Gasteiger charge is -2.35. The lowest BCUT2D eigenvalue weighted by Crippen LogP contribution is -2.49. The van der Waals surface area contributed by atoms with Gasteiger partial charge in [-0.15, -0.1) is 21.5 Å². The summed E-state index contributed by atoms with van der Waals surface area (Å²) in [6, 6.07) is 11.4. The first kappa shape index (κ1) is 16.8. The first-order valence-corrected chi connectivity index (χ1v) is 9.87. The van der Waals surface area contributed by atoms with Crippen molar-refractivity contribution >= 4 is 33.3 Å². The van der Waals surface area contributed by atoms with Crippen LogP contribution < -0.4 is 4.90 Å². The number of hydrogen-bond acceptors (Lipinski definition) is 7. The minimum Gasteiger partial charge on any atom is -0.352 e. The number of thiazole rings is 1. The van der Waals surface area contributed by atoms with Gasteiger partial charge in [0.15, 0.2) is 11.6 Å². The zero-order chi connectivity index (χ0) is 18.9. The van der Waals surface area contributed by atoms with E-state index in [1.54, 1.807) is 27.7 Å². The first-order valence-electron chi connectivity index (χ1n) is 8.99. The maximum Gasteiger partial charge on any atom is 0.254 e. The Kier molecular flexibility index (Phi) is 4.21. The van der Waals surface area contributed by atoms with Crippen LogP contribution >= 0.6 is 11.3 Å². The Bertz CT molecular complexity index is 1100. The molecule has 28 heavy (non-hydrogen) atoms. The highest BCUT2D eigenvalue weighted by Gasteiger charge is 2.23. The van der Waals surface area contributed by atoms with E-state index in [9.17, 15) is 4.79 Å². The molecule has 1 fully saturated rings. The summed E-state index contributed by atoms with van der Waals surface area (Å²) in [7, 11) is 0. The molecule has 3 aromatic heterocycles. The second kappa shape index (κ2) is 7.01. The molecular weight excluding hydrogens is 374 g/mol. The molecule has 0 spiro atoms. The number of nitrogens with zero attached hydrogens (tertiary/aromatic N) is 7. The lowest BCUT2D eigenvalue weighted by molar-refractivity contribution is 0.0746. The molecule has 4 heterocycles. The molecule has 0 aliphatic carbocycles. The van der Waals surface area contributed by atoms with E-state index in [1.165, 1.54) is 0 Å². The van der Waals surface area contributed by atoms with E-state index < -0.39 is 0 Å². The average molecular weight is 391 g/mol. The number of aromatic nitrogens is 5. The molecule has 1 aromatic carbocycles. The quantitative estimate of drug-likeness (QED) is 0.533. The van der Waals surface area contributed by atoms with Gasteiger partial charge in [-0.2, -0.15) is 5.10 Å². The second-order valence-electron chi connectivity index (χ2n) is 6.51. The molecule has 1 aliphatic rings. The molecule has 0 atom stereocenters. The lowest BCUT2D eigenvalue weighted by atomic mass is 10.1. The van der Waals surface area contributed by atoms with E-state index in [0.29, 0.717) is 24.5 Å². The molecule has 9 heteroatoms. The fourth-order valence-electron chi connectivity index (χ4n) is 3.32. The zero-order valence-corrected chi connectivity index (χ0v) is 15.8. The van der Waals surface area contributed by atoms with Gasteiger partial charge in [0, 0.05) is 44.1 Å². The SMILES string of the molecule is O=C(c1ccc2ncsc2c1)N1CCN(c2ccc(-n3cccn3)nn2)CC1. The molecule has 4 aromatic rings. The highest BCUT2D eigenvalue weighted by molar-refractivity contribution is 7.16. The number of fused-ring (bicyclic) bond motifs is 1. The van der Waals surface area contributed by atoms with Gasteiger partial charge in [-0.1, -0.05) is 0 Å². The van der Waals surface area contributed by atoms with Gasteiger partial charge < -0.3 is 9.80 Å². The van der Waals surface area contributed by atoms with Crippen LogP contribution in [-0.2, 0) is 0 Å². The van der Waals surface area contributed by atoms with Gasteiger partial charge in [0.1, 0.15) is 0 Å². The molecule has 1 saturated heterocycles. The molecule has 1 aliphatic heterocycles. The number of benzene rings is 1. The third-order valence-electron chi connectivity index (χ3n) is 4.84. The number of carbonyl (C=O) groups excluding carboxylic acids is 1. The van der Waals surface area contributed by atoms with E-state index in [-0.39, 0.29) is 5.91 Å². The molecule has 0 bridgehead atoms. The Morgan fingerprint density at radius 2 is 1.82 bits per heavy atom. The highest BCUT2D eigenvalue weighted by Crippen LogP contribution is 2.21. The van der Waals surface area contributed by atoms with Crippen LogP contribution in [0.4, 0.5) is 5.82 Å². The van der Waals surface area contributed by atoms with E-state index in [4.69, 9.17) is 0 Å². The normalized spacial score (nSPS) is 14.6. The summed E-state index contributed by atoms with van der Waals surface area (Å²) >= 11 is 1.55. The van der Waals surface area contributed by atoms with Gasteiger partial charge in [0.05, 0.1) is 15.7 Å². The van der Waals surface area contributed by atoms with Crippen molar-refractivity contribution in [1.82, 2.24) is 29.9 Å². The maximum absolute atomic E-state index is 12.8.